The van der Waals surface area contributed by atoms with E-state index in [4.69, 9.17) is 4.74 Å². The Balaban J connectivity index is 2.77. The van der Waals surface area contributed by atoms with Gasteiger partial charge in [-0.25, -0.2) is 4.98 Å². The average Bonchev–Trinajstić information content (AvgIpc) is 2.46. The number of pyridine rings is 1. The lowest BCUT2D eigenvalue weighted by molar-refractivity contribution is 0.397. The van der Waals surface area contributed by atoms with Crippen molar-refractivity contribution in [1.29, 1.82) is 0 Å². The first-order valence-corrected chi connectivity index (χ1v) is 5.33. The summed E-state index contributed by atoms with van der Waals surface area (Å²) in [5.74, 6) is 0.576. The third-order valence-corrected chi connectivity index (χ3v) is 2.92. The third-order valence-electron chi connectivity index (χ3n) is 1.60. The molecule has 2 heterocycles. The summed E-state index contributed by atoms with van der Waals surface area (Å²) in [5, 5.41) is 6.93. The van der Waals surface area contributed by atoms with Gasteiger partial charge in [0.25, 0.3) is 0 Å². The second-order valence-electron chi connectivity index (χ2n) is 2.38. The molecule has 0 atom stereocenters. The number of aromatic amines is 1. The molecule has 2 rings (SSSR count). The van der Waals surface area contributed by atoms with Gasteiger partial charge in [-0.05, 0) is 44.6 Å². The van der Waals surface area contributed by atoms with Crippen LogP contribution in [0, 0.1) is 3.70 Å². The quantitative estimate of drug-likeness (QED) is 0.800. The molecule has 0 fully saturated rings. The Labute approximate surface area is 96.3 Å². The molecule has 0 radical (unpaired) electrons. The van der Waals surface area contributed by atoms with Crippen LogP contribution in [0.4, 0.5) is 0 Å². The summed E-state index contributed by atoms with van der Waals surface area (Å²) < 4.78 is 6.80. The summed E-state index contributed by atoms with van der Waals surface area (Å²) in [5.41, 5.74) is 1.66. The van der Waals surface area contributed by atoms with Gasteiger partial charge in [0.1, 0.15) is 14.7 Å². The van der Waals surface area contributed by atoms with Crippen LogP contribution < -0.4 is 4.74 Å². The van der Waals surface area contributed by atoms with Gasteiger partial charge in [0.2, 0.25) is 5.88 Å². The van der Waals surface area contributed by atoms with E-state index in [0.29, 0.717) is 5.88 Å². The SMILES string of the molecule is COc1nc2c(I)[nH]nc2cc1Br. The van der Waals surface area contributed by atoms with Crippen molar-refractivity contribution >= 4 is 49.6 Å². The molecule has 0 aliphatic heterocycles. The maximum atomic E-state index is 5.07. The van der Waals surface area contributed by atoms with Gasteiger partial charge in [-0.15, -0.1) is 0 Å². The standard InChI is InChI=1S/C7H5BrIN3O/c1-13-7-3(8)2-4-5(10-7)6(9)12-11-4/h2H,1H3,(H,11,12). The van der Waals surface area contributed by atoms with Gasteiger partial charge >= 0.3 is 0 Å². The Morgan fingerprint density at radius 1 is 1.62 bits per heavy atom. The zero-order valence-corrected chi connectivity index (χ0v) is 10.4. The number of fused-ring (bicyclic) bond motifs is 1. The number of halogens is 2. The van der Waals surface area contributed by atoms with Crippen molar-refractivity contribution in [2.45, 2.75) is 0 Å². The highest BCUT2D eigenvalue weighted by Crippen LogP contribution is 2.27. The second kappa shape index (κ2) is 3.41. The molecule has 68 valence electrons. The summed E-state index contributed by atoms with van der Waals surface area (Å²) >= 11 is 5.49. The van der Waals surface area contributed by atoms with E-state index in [1.54, 1.807) is 7.11 Å². The minimum absolute atomic E-state index is 0.576. The lowest BCUT2D eigenvalue weighted by atomic mass is 10.4. The molecule has 0 spiro atoms. The molecule has 0 saturated heterocycles. The molecular formula is C7H5BrIN3O. The molecule has 6 heteroatoms. The molecule has 2 aromatic rings. The van der Waals surface area contributed by atoms with Crippen molar-refractivity contribution in [1.82, 2.24) is 15.2 Å². The molecule has 0 aromatic carbocycles. The normalized spacial score (nSPS) is 10.7. The molecule has 0 aliphatic rings. The van der Waals surface area contributed by atoms with Gasteiger partial charge in [0, 0.05) is 0 Å². The first kappa shape index (κ1) is 9.20. The zero-order chi connectivity index (χ0) is 9.42. The van der Waals surface area contributed by atoms with Crippen LogP contribution in [0.2, 0.25) is 0 Å². The van der Waals surface area contributed by atoms with Gasteiger partial charge in [-0.3, -0.25) is 5.10 Å². The van der Waals surface area contributed by atoms with Crippen LogP contribution in [0.15, 0.2) is 10.5 Å². The predicted octanol–water partition coefficient (Wildman–Crippen LogP) is 2.33. The highest BCUT2D eigenvalue weighted by atomic mass is 127. The van der Waals surface area contributed by atoms with Gasteiger partial charge in [0.05, 0.1) is 11.6 Å². The zero-order valence-electron chi connectivity index (χ0n) is 6.64. The number of hydrogen-bond donors (Lipinski definition) is 1. The van der Waals surface area contributed by atoms with Crippen molar-refractivity contribution in [3.63, 3.8) is 0 Å². The Bertz CT molecular complexity index is 456. The van der Waals surface area contributed by atoms with E-state index >= 15 is 0 Å². The van der Waals surface area contributed by atoms with E-state index in [1.165, 1.54) is 0 Å². The van der Waals surface area contributed by atoms with Gasteiger partial charge < -0.3 is 4.74 Å². The van der Waals surface area contributed by atoms with Gasteiger partial charge in [0.15, 0.2) is 0 Å². The number of hydrogen-bond acceptors (Lipinski definition) is 3. The Morgan fingerprint density at radius 3 is 3.08 bits per heavy atom. The van der Waals surface area contributed by atoms with Crippen molar-refractivity contribution in [2.75, 3.05) is 7.11 Å². The van der Waals surface area contributed by atoms with Crippen LogP contribution in [0.3, 0.4) is 0 Å². The predicted molar refractivity (Wildman–Crippen MR) is 60.9 cm³/mol. The first-order valence-electron chi connectivity index (χ1n) is 3.46. The minimum Gasteiger partial charge on any atom is -0.480 e. The Kier molecular flexibility index (Phi) is 2.41. The summed E-state index contributed by atoms with van der Waals surface area (Å²) in [6.45, 7) is 0. The average molecular weight is 354 g/mol. The van der Waals surface area contributed by atoms with Crippen molar-refractivity contribution < 1.29 is 4.74 Å². The van der Waals surface area contributed by atoms with Crippen LogP contribution in [-0.2, 0) is 0 Å². The summed E-state index contributed by atoms with van der Waals surface area (Å²) in [6.07, 6.45) is 0. The molecule has 0 unspecified atom stereocenters. The molecule has 0 saturated carbocycles. The van der Waals surface area contributed by atoms with Gasteiger partial charge in [-0.2, -0.15) is 5.10 Å². The van der Waals surface area contributed by atoms with Crippen molar-refractivity contribution in [3.05, 3.63) is 14.2 Å². The van der Waals surface area contributed by atoms with Crippen LogP contribution in [0.25, 0.3) is 11.0 Å². The molecule has 13 heavy (non-hydrogen) atoms. The maximum Gasteiger partial charge on any atom is 0.228 e. The number of rotatable bonds is 1. The van der Waals surface area contributed by atoms with Crippen LogP contribution >= 0.6 is 38.5 Å². The Hall–Kier alpha value is -0.370. The number of ether oxygens (including phenoxy) is 1. The fourth-order valence-electron chi connectivity index (χ4n) is 1.01. The molecule has 4 nitrogen and oxygen atoms in total. The van der Waals surface area contributed by atoms with E-state index in [1.807, 2.05) is 6.07 Å². The number of methoxy groups -OCH3 is 1. The van der Waals surface area contributed by atoms with Crippen molar-refractivity contribution in [3.8, 4) is 5.88 Å². The van der Waals surface area contributed by atoms with E-state index in [0.717, 1.165) is 19.2 Å². The molecule has 0 bridgehead atoms. The molecule has 0 amide bonds. The van der Waals surface area contributed by atoms with E-state index in [9.17, 15) is 0 Å². The molecular weight excluding hydrogens is 349 g/mol. The fourth-order valence-corrected chi connectivity index (χ4v) is 2.00. The lowest BCUT2D eigenvalue weighted by Crippen LogP contribution is -1.89. The number of nitrogens with zero attached hydrogens (tertiary/aromatic N) is 2. The third kappa shape index (κ3) is 1.52. The summed E-state index contributed by atoms with van der Waals surface area (Å²) in [4.78, 5) is 4.28. The van der Waals surface area contributed by atoms with E-state index < -0.39 is 0 Å². The van der Waals surface area contributed by atoms with Crippen LogP contribution in [-0.4, -0.2) is 22.3 Å². The minimum atomic E-state index is 0.576. The van der Waals surface area contributed by atoms with E-state index in [2.05, 4.69) is 53.7 Å². The number of H-pyrrole nitrogens is 1. The highest BCUT2D eigenvalue weighted by molar-refractivity contribution is 14.1. The topological polar surface area (TPSA) is 50.8 Å². The van der Waals surface area contributed by atoms with Gasteiger partial charge in [-0.1, -0.05) is 0 Å². The maximum absolute atomic E-state index is 5.07. The van der Waals surface area contributed by atoms with Crippen LogP contribution in [0.5, 0.6) is 5.88 Å². The Morgan fingerprint density at radius 2 is 2.38 bits per heavy atom. The monoisotopic (exact) mass is 353 g/mol. The molecule has 2 aromatic heterocycles. The fraction of sp³-hybridized carbons (Fsp3) is 0.143. The van der Waals surface area contributed by atoms with Crippen LogP contribution in [0.1, 0.15) is 0 Å². The lowest BCUT2D eigenvalue weighted by Gasteiger charge is -2.00. The number of aromatic nitrogens is 3. The first-order chi connectivity index (χ1) is 6.22. The molecule has 1 N–H and O–H groups in total. The largest absolute Gasteiger partial charge is 0.480 e. The highest BCUT2D eigenvalue weighted by Gasteiger charge is 2.09. The number of nitrogens with one attached hydrogen (secondary N) is 1. The molecule has 0 aliphatic carbocycles. The van der Waals surface area contributed by atoms with E-state index in [-0.39, 0.29) is 0 Å². The second-order valence-corrected chi connectivity index (χ2v) is 4.32. The van der Waals surface area contributed by atoms with Crippen molar-refractivity contribution in [2.24, 2.45) is 0 Å². The summed E-state index contributed by atoms with van der Waals surface area (Å²) in [6, 6.07) is 1.87. The summed E-state index contributed by atoms with van der Waals surface area (Å²) in [7, 11) is 1.59. The smallest absolute Gasteiger partial charge is 0.228 e.